The number of carbonyl (C=O) groups excluding carboxylic acids is 1. The van der Waals surface area contributed by atoms with Crippen molar-refractivity contribution in [3.05, 3.63) is 0 Å². The van der Waals surface area contributed by atoms with E-state index in [0.29, 0.717) is 0 Å². The van der Waals surface area contributed by atoms with Crippen LogP contribution in [-0.4, -0.2) is 36.2 Å². The topological polar surface area (TPSA) is 32.3 Å². The Morgan fingerprint density at radius 1 is 1.50 bits per heavy atom. The summed E-state index contributed by atoms with van der Waals surface area (Å²) >= 11 is 0. The number of alkyl halides is 3. The highest BCUT2D eigenvalue weighted by Gasteiger charge is 2.44. The molecule has 1 heterocycles. The van der Waals surface area contributed by atoms with E-state index in [1.807, 2.05) is 0 Å². The first-order valence-corrected chi connectivity index (χ1v) is 4.43. The zero-order chi connectivity index (χ0) is 10.9. The van der Waals surface area contributed by atoms with E-state index in [-0.39, 0.29) is 19.1 Å². The van der Waals surface area contributed by atoms with Crippen molar-refractivity contribution in [1.82, 2.24) is 10.2 Å². The Morgan fingerprint density at radius 2 is 2.07 bits per heavy atom. The van der Waals surface area contributed by atoms with Crippen molar-refractivity contribution in [1.29, 1.82) is 0 Å². The SMILES string of the molecule is CC(C)N1CC(C(F)(F)F)CNC1=O. The number of rotatable bonds is 1. The predicted octanol–water partition coefficient (Wildman–Crippen LogP) is 1.60. The minimum Gasteiger partial charge on any atom is -0.337 e. The Morgan fingerprint density at radius 3 is 2.50 bits per heavy atom. The monoisotopic (exact) mass is 210 g/mol. The molecule has 1 saturated heterocycles. The van der Waals surface area contributed by atoms with Crippen molar-refractivity contribution in [2.75, 3.05) is 13.1 Å². The summed E-state index contributed by atoms with van der Waals surface area (Å²) in [5.74, 6) is -1.46. The van der Waals surface area contributed by atoms with Gasteiger partial charge < -0.3 is 10.2 Å². The number of halogens is 3. The van der Waals surface area contributed by atoms with E-state index in [9.17, 15) is 18.0 Å². The number of nitrogens with one attached hydrogen (secondary N) is 1. The molecular weight excluding hydrogens is 197 g/mol. The fraction of sp³-hybridized carbons (Fsp3) is 0.875. The van der Waals surface area contributed by atoms with Crippen LogP contribution in [-0.2, 0) is 0 Å². The fourth-order valence-corrected chi connectivity index (χ4v) is 1.36. The molecule has 0 aromatic rings. The number of hydrogen-bond acceptors (Lipinski definition) is 1. The average molecular weight is 210 g/mol. The molecule has 1 atom stereocenters. The van der Waals surface area contributed by atoms with Crippen LogP contribution in [0.2, 0.25) is 0 Å². The lowest BCUT2D eigenvalue weighted by atomic mass is 10.1. The number of nitrogens with zero attached hydrogens (tertiary/aromatic N) is 1. The van der Waals surface area contributed by atoms with Gasteiger partial charge in [-0.15, -0.1) is 0 Å². The van der Waals surface area contributed by atoms with Gasteiger partial charge in [0.2, 0.25) is 0 Å². The fourth-order valence-electron chi connectivity index (χ4n) is 1.36. The molecule has 0 aromatic carbocycles. The summed E-state index contributed by atoms with van der Waals surface area (Å²) in [4.78, 5) is 12.4. The van der Waals surface area contributed by atoms with Crippen LogP contribution >= 0.6 is 0 Å². The highest BCUT2D eigenvalue weighted by atomic mass is 19.4. The lowest BCUT2D eigenvalue weighted by molar-refractivity contribution is -0.179. The van der Waals surface area contributed by atoms with Crippen molar-refractivity contribution in [2.24, 2.45) is 5.92 Å². The highest BCUT2D eigenvalue weighted by Crippen LogP contribution is 2.28. The van der Waals surface area contributed by atoms with Crippen molar-refractivity contribution in [2.45, 2.75) is 26.1 Å². The van der Waals surface area contributed by atoms with Gasteiger partial charge in [-0.25, -0.2) is 4.79 Å². The van der Waals surface area contributed by atoms with Crippen LogP contribution in [0.25, 0.3) is 0 Å². The van der Waals surface area contributed by atoms with Crippen LogP contribution in [0.3, 0.4) is 0 Å². The third kappa shape index (κ3) is 2.30. The number of amides is 2. The Balaban J connectivity index is 2.67. The first kappa shape index (κ1) is 11.1. The Labute approximate surface area is 80.3 Å². The van der Waals surface area contributed by atoms with E-state index in [1.54, 1.807) is 13.8 Å². The van der Waals surface area contributed by atoms with E-state index in [2.05, 4.69) is 5.32 Å². The lowest BCUT2D eigenvalue weighted by Crippen LogP contribution is -2.56. The molecule has 6 heteroatoms. The van der Waals surface area contributed by atoms with Crippen molar-refractivity contribution in [3.63, 3.8) is 0 Å². The van der Waals surface area contributed by atoms with E-state index >= 15 is 0 Å². The minimum atomic E-state index is -4.24. The molecule has 1 unspecified atom stereocenters. The standard InChI is InChI=1S/C8H13F3N2O/c1-5(2)13-4-6(8(9,10)11)3-12-7(13)14/h5-6H,3-4H2,1-2H3,(H,12,14). The molecule has 14 heavy (non-hydrogen) atoms. The van der Waals surface area contributed by atoms with Crippen molar-refractivity contribution < 1.29 is 18.0 Å². The van der Waals surface area contributed by atoms with E-state index in [0.717, 1.165) is 0 Å². The molecule has 0 spiro atoms. The zero-order valence-corrected chi connectivity index (χ0v) is 8.06. The summed E-state index contributed by atoms with van der Waals surface area (Å²) < 4.78 is 37.0. The second kappa shape index (κ2) is 3.67. The molecule has 3 nitrogen and oxygen atoms in total. The molecular formula is C8H13F3N2O. The maximum Gasteiger partial charge on any atom is 0.395 e. The Kier molecular flexibility index (Phi) is 2.92. The quantitative estimate of drug-likeness (QED) is 0.700. The predicted molar refractivity (Wildman–Crippen MR) is 44.8 cm³/mol. The number of hydrogen-bond donors (Lipinski definition) is 1. The number of urea groups is 1. The summed E-state index contributed by atoms with van der Waals surface area (Å²) in [7, 11) is 0. The van der Waals surface area contributed by atoms with E-state index < -0.39 is 18.1 Å². The van der Waals surface area contributed by atoms with Crippen LogP contribution in [0.15, 0.2) is 0 Å². The molecule has 1 aliphatic heterocycles. The molecule has 0 aromatic heterocycles. The van der Waals surface area contributed by atoms with E-state index in [4.69, 9.17) is 0 Å². The average Bonchev–Trinajstić information content (AvgIpc) is 2.02. The van der Waals surface area contributed by atoms with Gasteiger partial charge in [-0.2, -0.15) is 13.2 Å². The molecule has 0 bridgehead atoms. The van der Waals surface area contributed by atoms with Crippen LogP contribution in [0, 0.1) is 5.92 Å². The molecule has 82 valence electrons. The molecule has 0 aliphatic carbocycles. The summed E-state index contributed by atoms with van der Waals surface area (Å²) in [6, 6.07) is -0.624. The molecule has 1 fully saturated rings. The van der Waals surface area contributed by atoms with Crippen LogP contribution in [0.5, 0.6) is 0 Å². The normalized spacial score (nSPS) is 24.0. The van der Waals surface area contributed by atoms with Crippen LogP contribution < -0.4 is 5.32 Å². The highest BCUT2D eigenvalue weighted by molar-refractivity contribution is 5.75. The first-order valence-electron chi connectivity index (χ1n) is 4.43. The maximum absolute atomic E-state index is 12.3. The minimum absolute atomic E-state index is 0.208. The Hall–Kier alpha value is -0.940. The van der Waals surface area contributed by atoms with Gasteiger partial charge in [-0.05, 0) is 13.8 Å². The van der Waals surface area contributed by atoms with Gasteiger partial charge in [-0.3, -0.25) is 0 Å². The van der Waals surface area contributed by atoms with Gasteiger partial charge in [0, 0.05) is 19.1 Å². The molecule has 1 N–H and O–H groups in total. The smallest absolute Gasteiger partial charge is 0.337 e. The molecule has 1 rings (SSSR count). The second-order valence-corrected chi connectivity index (χ2v) is 3.67. The maximum atomic E-state index is 12.3. The summed E-state index contributed by atoms with van der Waals surface area (Å²) in [6.07, 6.45) is -4.24. The van der Waals surface area contributed by atoms with Gasteiger partial charge >= 0.3 is 12.2 Å². The van der Waals surface area contributed by atoms with Gasteiger partial charge in [0.1, 0.15) is 0 Å². The van der Waals surface area contributed by atoms with Gasteiger partial charge in [-0.1, -0.05) is 0 Å². The van der Waals surface area contributed by atoms with Crippen LogP contribution in [0.1, 0.15) is 13.8 Å². The van der Waals surface area contributed by atoms with Crippen LogP contribution in [0.4, 0.5) is 18.0 Å². The third-order valence-corrected chi connectivity index (χ3v) is 2.26. The molecule has 1 aliphatic rings. The molecule has 0 saturated carbocycles. The van der Waals surface area contributed by atoms with Gasteiger partial charge in [0.15, 0.2) is 0 Å². The number of carbonyl (C=O) groups is 1. The first-order chi connectivity index (χ1) is 6.32. The lowest BCUT2D eigenvalue weighted by Gasteiger charge is -2.36. The molecule has 0 radical (unpaired) electrons. The van der Waals surface area contributed by atoms with E-state index in [1.165, 1.54) is 4.90 Å². The van der Waals surface area contributed by atoms with Gasteiger partial charge in [0.25, 0.3) is 0 Å². The summed E-state index contributed by atoms with van der Waals surface area (Å²) in [5, 5.41) is 2.24. The van der Waals surface area contributed by atoms with Crippen molar-refractivity contribution >= 4 is 6.03 Å². The summed E-state index contributed by atoms with van der Waals surface area (Å²) in [5.41, 5.74) is 0. The van der Waals surface area contributed by atoms with Crippen molar-refractivity contribution in [3.8, 4) is 0 Å². The largest absolute Gasteiger partial charge is 0.395 e. The summed E-state index contributed by atoms with van der Waals surface area (Å²) in [6.45, 7) is 2.83. The zero-order valence-electron chi connectivity index (χ0n) is 8.06. The Bertz CT molecular complexity index is 227. The second-order valence-electron chi connectivity index (χ2n) is 3.67. The third-order valence-electron chi connectivity index (χ3n) is 2.26. The van der Waals surface area contributed by atoms with Gasteiger partial charge in [0.05, 0.1) is 5.92 Å². The molecule has 2 amide bonds.